The first-order chi connectivity index (χ1) is 14.0. The van der Waals surface area contributed by atoms with Crippen molar-refractivity contribution in [2.75, 3.05) is 30.9 Å². The topological polar surface area (TPSA) is 67.9 Å². The summed E-state index contributed by atoms with van der Waals surface area (Å²) in [6, 6.07) is 23.3. The van der Waals surface area contributed by atoms with E-state index < -0.39 is 11.9 Å². The van der Waals surface area contributed by atoms with Crippen LogP contribution in [0.2, 0.25) is 0 Å². The number of para-hydroxylation sites is 1. The van der Waals surface area contributed by atoms with Crippen LogP contribution in [0.5, 0.6) is 11.5 Å². The number of ether oxygens (including phenoxy) is 2. The van der Waals surface area contributed by atoms with Crippen LogP contribution in [-0.2, 0) is 9.53 Å². The van der Waals surface area contributed by atoms with E-state index in [4.69, 9.17) is 9.47 Å². The SMILES string of the molecule is CN(C)c1ccc(C(=O)OCC(=O)Nc2ccc(Oc3ccccc3)cc2)cc1. The zero-order valence-corrected chi connectivity index (χ0v) is 16.3. The minimum Gasteiger partial charge on any atom is -0.457 e. The second kappa shape index (κ2) is 9.41. The van der Waals surface area contributed by atoms with Crippen LogP contribution in [0.15, 0.2) is 78.9 Å². The van der Waals surface area contributed by atoms with Gasteiger partial charge in [-0.2, -0.15) is 0 Å². The number of nitrogens with zero attached hydrogens (tertiary/aromatic N) is 1. The van der Waals surface area contributed by atoms with Gasteiger partial charge >= 0.3 is 5.97 Å². The van der Waals surface area contributed by atoms with Gasteiger partial charge in [0.25, 0.3) is 5.91 Å². The lowest BCUT2D eigenvalue weighted by molar-refractivity contribution is -0.119. The molecule has 0 saturated carbocycles. The molecular weight excluding hydrogens is 368 g/mol. The standard InChI is InChI=1S/C23H22N2O4/c1-25(2)19-12-8-17(9-13-19)23(27)28-16-22(26)24-18-10-14-21(15-11-18)29-20-6-4-3-5-7-20/h3-15H,16H2,1-2H3,(H,24,26). The molecule has 0 radical (unpaired) electrons. The summed E-state index contributed by atoms with van der Waals surface area (Å²) >= 11 is 0. The summed E-state index contributed by atoms with van der Waals surface area (Å²) in [5.74, 6) is 0.425. The molecule has 0 spiro atoms. The van der Waals surface area contributed by atoms with Gasteiger partial charge in [0.2, 0.25) is 0 Å². The van der Waals surface area contributed by atoms with E-state index in [1.807, 2.05) is 61.5 Å². The predicted molar refractivity (Wildman–Crippen MR) is 113 cm³/mol. The van der Waals surface area contributed by atoms with Gasteiger partial charge in [0, 0.05) is 25.5 Å². The maximum Gasteiger partial charge on any atom is 0.338 e. The van der Waals surface area contributed by atoms with Crippen molar-refractivity contribution in [2.24, 2.45) is 0 Å². The van der Waals surface area contributed by atoms with E-state index in [1.54, 1.807) is 36.4 Å². The molecule has 0 heterocycles. The molecule has 1 amide bonds. The quantitative estimate of drug-likeness (QED) is 0.608. The van der Waals surface area contributed by atoms with Crippen LogP contribution in [0, 0.1) is 0 Å². The summed E-state index contributed by atoms with van der Waals surface area (Å²) in [7, 11) is 3.83. The molecular formula is C23H22N2O4. The molecule has 6 heteroatoms. The Bertz CT molecular complexity index is 952. The first kappa shape index (κ1) is 19.9. The summed E-state index contributed by atoms with van der Waals surface area (Å²) in [5.41, 5.74) is 1.95. The van der Waals surface area contributed by atoms with Gasteiger partial charge in [-0.05, 0) is 60.7 Å². The number of benzene rings is 3. The summed E-state index contributed by atoms with van der Waals surface area (Å²) < 4.78 is 10.8. The van der Waals surface area contributed by atoms with Gasteiger partial charge in [0.05, 0.1) is 5.56 Å². The summed E-state index contributed by atoms with van der Waals surface area (Å²) in [6.07, 6.45) is 0. The summed E-state index contributed by atoms with van der Waals surface area (Å²) in [5, 5.41) is 2.69. The van der Waals surface area contributed by atoms with Crippen LogP contribution in [0.3, 0.4) is 0 Å². The lowest BCUT2D eigenvalue weighted by Gasteiger charge is -2.12. The van der Waals surface area contributed by atoms with Gasteiger partial charge in [0.15, 0.2) is 6.61 Å². The molecule has 0 aliphatic carbocycles. The number of hydrogen-bond acceptors (Lipinski definition) is 5. The molecule has 0 aliphatic heterocycles. The van der Waals surface area contributed by atoms with E-state index >= 15 is 0 Å². The van der Waals surface area contributed by atoms with Crippen molar-refractivity contribution in [2.45, 2.75) is 0 Å². The molecule has 148 valence electrons. The van der Waals surface area contributed by atoms with Crippen LogP contribution in [0.4, 0.5) is 11.4 Å². The smallest absolute Gasteiger partial charge is 0.338 e. The Morgan fingerprint density at radius 2 is 1.45 bits per heavy atom. The van der Waals surface area contributed by atoms with E-state index in [9.17, 15) is 9.59 Å². The highest BCUT2D eigenvalue weighted by Crippen LogP contribution is 2.22. The highest BCUT2D eigenvalue weighted by molar-refractivity contribution is 5.95. The molecule has 1 N–H and O–H groups in total. The molecule has 3 aromatic rings. The zero-order valence-electron chi connectivity index (χ0n) is 16.3. The van der Waals surface area contributed by atoms with Crippen LogP contribution in [0.1, 0.15) is 10.4 Å². The Morgan fingerprint density at radius 3 is 2.07 bits per heavy atom. The normalized spacial score (nSPS) is 10.1. The Labute approximate surface area is 169 Å². The monoisotopic (exact) mass is 390 g/mol. The molecule has 0 unspecified atom stereocenters. The number of carbonyl (C=O) groups is 2. The maximum atomic E-state index is 12.1. The number of hydrogen-bond donors (Lipinski definition) is 1. The summed E-state index contributed by atoms with van der Waals surface area (Å²) in [6.45, 7) is -0.365. The Hall–Kier alpha value is -3.80. The fourth-order valence-electron chi connectivity index (χ4n) is 2.54. The molecule has 0 bridgehead atoms. The molecule has 0 aliphatic rings. The van der Waals surface area contributed by atoms with Crippen molar-refractivity contribution in [3.8, 4) is 11.5 Å². The second-order valence-corrected chi connectivity index (χ2v) is 6.51. The Kier molecular flexibility index (Phi) is 6.47. The number of nitrogens with one attached hydrogen (secondary N) is 1. The third-order valence-electron chi connectivity index (χ3n) is 4.07. The van der Waals surface area contributed by atoms with E-state index in [-0.39, 0.29) is 6.61 Å². The van der Waals surface area contributed by atoms with Crippen molar-refractivity contribution >= 4 is 23.3 Å². The molecule has 3 aromatic carbocycles. The lowest BCUT2D eigenvalue weighted by Crippen LogP contribution is -2.21. The first-order valence-electron chi connectivity index (χ1n) is 9.08. The minimum absolute atomic E-state index is 0.365. The average Bonchev–Trinajstić information content (AvgIpc) is 2.74. The number of carbonyl (C=O) groups excluding carboxylic acids is 2. The Balaban J connectivity index is 1.48. The number of rotatable bonds is 7. The predicted octanol–water partition coefficient (Wildman–Crippen LogP) is 4.34. The van der Waals surface area contributed by atoms with E-state index in [2.05, 4.69) is 5.32 Å². The van der Waals surface area contributed by atoms with Gasteiger partial charge in [-0.25, -0.2) is 4.79 Å². The molecule has 29 heavy (non-hydrogen) atoms. The number of amides is 1. The van der Waals surface area contributed by atoms with Crippen molar-refractivity contribution in [1.29, 1.82) is 0 Å². The second-order valence-electron chi connectivity index (χ2n) is 6.51. The third kappa shape index (κ3) is 5.84. The van der Waals surface area contributed by atoms with Crippen LogP contribution in [-0.4, -0.2) is 32.6 Å². The van der Waals surface area contributed by atoms with E-state index in [1.165, 1.54) is 0 Å². The van der Waals surface area contributed by atoms with Gasteiger partial charge in [-0.1, -0.05) is 18.2 Å². The molecule has 0 atom stereocenters. The fourth-order valence-corrected chi connectivity index (χ4v) is 2.54. The highest BCUT2D eigenvalue weighted by atomic mass is 16.5. The molecule has 6 nitrogen and oxygen atoms in total. The van der Waals surface area contributed by atoms with Gasteiger partial charge < -0.3 is 19.7 Å². The van der Waals surface area contributed by atoms with Gasteiger partial charge in [-0.3, -0.25) is 4.79 Å². The summed E-state index contributed by atoms with van der Waals surface area (Å²) in [4.78, 5) is 26.0. The van der Waals surface area contributed by atoms with Gasteiger partial charge in [-0.15, -0.1) is 0 Å². The van der Waals surface area contributed by atoms with Gasteiger partial charge in [0.1, 0.15) is 11.5 Å². The fraction of sp³-hybridized carbons (Fsp3) is 0.130. The lowest BCUT2D eigenvalue weighted by atomic mass is 10.2. The molecule has 3 rings (SSSR count). The number of esters is 1. The third-order valence-corrected chi connectivity index (χ3v) is 4.07. The van der Waals surface area contributed by atoms with E-state index in [0.29, 0.717) is 17.0 Å². The first-order valence-corrected chi connectivity index (χ1v) is 9.08. The van der Waals surface area contributed by atoms with Crippen molar-refractivity contribution < 1.29 is 19.1 Å². The van der Waals surface area contributed by atoms with Crippen molar-refractivity contribution in [1.82, 2.24) is 0 Å². The van der Waals surface area contributed by atoms with Crippen molar-refractivity contribution in [3.05, 3.63) is 84.4 Å². The molecule has 0 aromatic heterocycles. The molecule has 0 saturated heterocycles. The van der Waals surface area contributed by atoms with Crippen LogP contribution < -0.4 is 15.0 Å². The van der Waals surface area contributed by atoms with Crippen molar-refractivity contribution in [3.63, 3.8) is 0 Å². The molecule has 0 fully saturated rings. The largest absolute Gasteiger partial charge is 0.457 e. The van der Waals surface area contributed by atoms with Crippen LogP contribution in [0.25, 0.3) is 0 Å². The maximum absolute atomic E-state index is 12.1. The highest BCUT2D eigenvalue weighted by Gasteiger charge is 2.11. The van der Waals surface area contributed by atoms with E-state index in [0.717, 1.165) is 11.4 Å². The van der Waals surface area contributed by atoms with Crippen LogP contribution >= 0.6 is 0 Å². The zero-order chi connectivity index (χ0) is 20.6. The Morgan fingerprint density at radius 1 is 0.828 bits per heavy atom. The minimum atomic E-state index is -0.544. The average molecular weight is 390 g/mol. The number of anilines is 2.